The highest BCUT2D eigenvalue weighted by atomic mass is 35.5. The predicted molar refractivity (Wildman–Crippen MR) is 66.0 cm³/mol. The van der Waals surface area contributed by atoms with Crippen LogP contribution in [0.4, 0.5) is 5.69 Å². The molecule has 0 fully saturated rings. The van der Waals surface area contributed by atoms with Crippen molar-refractivity contribution in [3.8, 4) is 6.07 Å². The molecule has 0 aromatic heterocycles. The van der Waals surface area contributed by atoms with Gasteiger partial charge >= 0.3 is 5.97 Å². The number of rotatable bonds is 3. The molecular formula is C12H11ClN2O3. The van der Waals surface area contributed by atoms with E-state index in [-0.39, 0.29) is 5.02 Å². The van der Waals surface area contributed by atoms with Crippen LogP contribution in [-0.2, 0) is 14.3 Å². The van der Waals surface area contributed by atoms with Crippen LogP contribution < -0.4 is 5.32 Å². The minimum absolute atomic E-state index is 0.246. The van der Waals surface area contributed by atoms with E-state index in [1.807, 2.05) is 6.07 Å². The molecule has 5 nitrogen and oxygen atoms in total. The predicted octanol–water partition coefficient (Wildman–Crippen LogP) is 2.10. The zero-order chi connectivity index (χ0) is 13.7. The molecule has 1 amide bonds. The molecule has 0 saturated carbocycles. The van der Waals surface area contributed by atoms with Gasteiger partial charge in [0.1, 0.15) is 6.07 Å². The van der Waals surface area contributed by atoms with E-state index in [9.17, 15) is 9.59 Å². The third-order valence-electron chi connectivity index (χ3n) is 2.07. The summed E-state index contributed by atoms with van der Waals surface area (Å²) in [7, 11) is 0. The highest BCUT2D eigenvalue weighted by molar-refractivity contribution is 6.32. The Bertz CT molecular complexity index is 523. The number of nitrogens with zero attached hydrogens (tertiary/aromatic N) is 1. The van der Waals surface area contributed by atoms with Crippen molar-refractivity contribution in [2.45, 2.75) is 20.0 Å². The highest BCUT2D eigenvalue weighted by Gasteiger charge is 2.16. The fourth-order valence-electron chi connectivity index (χ4n) is 1.23. The Morgan fingerprint density at radius 3 is 2.67 bits per heavy atom. The number of amides is 1. The molecule has 6 heteroatoms. The zero-order valence-corrected chi connectivity index (χ0v) is 10.6. The van der Waals surface area contributed by atoms with Crippen LogP contribution in [0.1, 0.15) is 19.4 Å². The second kappa shape index (κ2) is 6.03. The number of carbonyl (C=O) groups is 2. The fourth-order valence-corrected chi connectivity index (χ4v) is 1.45. The van der Waals surface area contributed by atoms with Gasteiger partial charge in [0.15, 0.2) is 6.10 Å². The van der Waals surface area contributed by atoms with Crippen LogP contribution >= 0.6 is 11.6 Å². The maximum Gasteiger partial charge on any atom is 0.303 e. The summed E-state index contributed by atoms with van der Waals surface area (Å²) in [5, 5.41) is 11.5. The molecule has 1 aromatic rings. The first-order valence-electron chi connectivity index (χ1n) is 5.11. The summed E-state index contributed by atoms with van der Waals surface area (Å²) in [6, 6.07) is 6.41. The topological polar surface area (TPSA) is 79.2 Å². The van der Waals surface area contributed by atoms with E-state index >= 15 is 0 Å². The molecule has 0 spiro atoms. The molecule has 18 heavy (non-hydrogen) atoms. The Kier molecular flexibility index (Phi) is 4.69. The molecule has 1 N–H and O–H groups in total. The van der Waals surface area contributed by atoms with Crippen molar-refractivity contribution in [2.75, 3.05) is 5.32 Å². The number of benzene rings is 1. The van der Waals surface area contributed by atoms with Crippen molar-refractivity contribution >= 4 is 29.2 Å². The Hall–Kier alpha value is -2.06. The van der Waals surface area contributed by atoms with Crippen molar-refractivity contribution in [1.29, 1.82) is 5.26 Å². The van der Waals surface area contributed by atoms with E-state index in [0.29, 0.717) is 11.3 Å². The number of carbonyl (C=O) groups excluding carboxylic acids is 2. The molecule has 1 atom stereocenters. The van der Waals surface area contributed by atoms with Gasteiger partial charge in [-0.1, -0.05) is 11.6 Å². The average Bonchev–Trinajstić information content (AvgIpc) is 2.28. The molecule has 0 saturated heterocycles. The van der Waals surface area contributed by atoms with Crippen molar-refractivity contribution in [3.63, 3.8) is 0 Å². The highest BCUT2D eigenvalue weighted by Crippen LogP contribution is 2.20. The lowest BCUT2D eigenvalue weighted by atomic mass is 10.2. The number of hydrogen-bond acceptors (Lipinski definition) is 4. The minimum atomic E-state index is -0.892. The van der Waals surface area contributed by atoms with E-state index in [2.05, 4.69) is 5.32 Å². The van der Waals surface area contributed by atoms with Crippen LogP contribution in [0.5, 0.6) is 0 Å². The Balaban J connectivity index is 2.74. The van der Waals surface area contributed by atoms with Crippen molar-refractivity contribution < 1.29 is 14.3 Å². The SMILES string of the molecule is CC(=O)O[C@@H](C)C(=O)Nc1ccc(C#N)c(Cl)c1. The minimum Gasteiger partial charge on any atom is -0.453 e. The van der Waals surface area contributed by atoms with Gasteiger partial charge < -0.3 is 10.1 Å². The quantitative estimate of drug-likeness (QED) is 0.850. The van der Waals surface area contributed by atoms with Gasteiger partial charge in [0.2, 0.25) is 0 Å². The average molecular weight is 267 g/mol. The lowest BCUT2D eigenvalue weighted by Crippen LogP contribution is -2.29. The van der Waals surface area contributed by atoms with E-state index in [1.54, 1.807) is 6.07 Å². The van der Waals surface area contributed by atoms with Gasteiger partial charge in [0, 0.05) is 12.6 Å². The molecule has 0 aliphatic carbocycles. The maximum absolute atomic E-state index is 11.6. The van der Waals surface area contributed by atoms with Gasteiger partial charge in [-0.05, 0) is 25.1 Å². The summed E-state index contributed by atoms with van der Waals surface area (Å²) in [4.78, 5) is 22.3. The van der Waals surface area contributed by atoms with Crippen LogP contribution in [0.25, 0.3) is 0 Å². The first kappa shape index (κ1) is 14.0. The summed E-state index contributed by atoms with van der Waals surface area (Å²) in [6.45, 7) is 2.68. The standard InChI is InChI=1S/C12H11ClN2O3/c1-7(18-8(2)16)12(17)15-10-4-3-9(6-14)11(13)5-10/h3-5,7H,1-2H3,(H,15,17)/t7-/m0/s1. The first-order valence-corrected chi connectivity index (χ1v) is 5.49. The Labute approximate surface area is 109 Å². The van der Waals surface area contributed by atoms with Gasteiger partial charge in [0.05, 0.1) is 10.6 Å². The molecule has 0 heterocycles. The van der Waals surface area contributed by atoms with E-state index in [4.69, 9.17) is 21.6 Å². The third-order valence-corrected chi connectivity index (χ3v) is 2.38. The molecule has 0 unspecified atom stereocenters. The van der Waals surface area contributed by atoms with Gasteiger partial charge in [-0.2, -0.15) is 5.26 Å². The molecule has 1 rings (SSSR count). The van der Waals surface area contributed by atoms with E-state index < -0.39 is 18.0 Å². The van der Waals surface area contributed by atoms with Gasteiger partial charge in [-0.25, -0.2) is 0 Å². The van der Waals surface area contributed by atoms with Crippen LogP contribution in [0, 0.1) is 11.3 Å². The Morgan fingerprint density at radius 2 is 2.17 bits per heavy atom. The number of anilines is 1. The number of nitrogens with one attached hydrogen (secondary N) is 1. The van der Waals surface area contributed by atoms with Gasteiger partial charge in [-0.15, -0.1) is 0 Å². The van der Waals surface area contributed by atoms with Gasteiger partial charge in [0.25, 0.3) is 5.91 Å². The van der Waals surface area contributed by atoms with Crippen LogP contribution in [-0.4, -0.2) is 18.0 Å². The zero-order valence-electron chi connectivity index (χ0n) is 9.86. The van der Waals surface area contributed by atoms with Crippen LogP contribution in [0.3, 0.4) is 0 Å². The second-order valence-corrected chi connectivity index (χ2v) is 3.95. The van der Waals surface area contributed by atoms with E-state index in [1.165, 1.54) is 26.0 Å². The van der Waals surface area contributed by atoms with Crippen LogP contribution in [0.2, 0.25) is 5.02 Å². The molecule has 0 aliphatic heterocycles. The van der Waals surface area contributed by atoms with Crippen molar-refractivity contribution in [2.24, 2.45) is 0 Å². The number of nitriles is 1. The fraction of sp³-hybridized carbons (Fsp3) is 0.250. The first-order chi connectivity index (χ1) is 8.43. The summed E-state index contributed by atoms with van der Waals surface area (Å²) >= 11 is 5.82. The monoisotopic (exact) mass is 266 g/mol. The summed E-state index contributed by atoms with van der Waals surface area (Å²) in [5.74, 6) is -0.999. The summed E-state index contributed by atoms with van der Waals surface area (Å²) in [6.07, 6.45) is -0.892. The van der Waals surface area contributed by atoms with Crippen LogP contribution in [0.15, 0.2) is 18.2 Å². The maximum atomic E-state index is 11.6. The number of esters is 1. The lowest BCUT2D eigenvalue weighted by molar-refractivity contribution is -0.150. The van der Waals surface area contributed by atoms with Gasteiger partial charge in [-0.3, -0.25) is 9.59 Å². The summed E-state index contributed by atoms with van der Waals surface area (Å²) < 4.78 is 4.72. The normalized spacial score (nSPS) is 11.2. The summed E-state index contributed by atoms with van der Waals surface area (Å²) in [5.41, 5.74) is 0.755. The molecule has 0 bridgehead atoms. The molecular weight excluding hydrogens is 256 g/mol. The molecule has 0 radical (unpaired) electrons. The molecule has 0 aliphatic rings. The largest absolute Gasteiger partial charge is 0.453 e. The van der Waals surface area contributed by atoms with Crippen molar-refractivity contribution in [1.82, 2.24) is 0 Å². The Morgan fingerprint density at radius 1 is 1.50 bits per heavy atom. The number of halogens is 1. The lowest BCUT2D eigenvalue weighted by Gasteiger charge is -2.12. The molecule has 94 valence electrons. The molecule has 1 aromatic carbocycles. The number of hydrogen-bond donors (Lipinski definition) is 1. The third kappa shape index (κ3) is 3.75. The van der Waals surface area contributed by atoms with E-state index in [0.717, 1.165) is 0 Å². The smallest absolute Gasteiger partial charge is 0.303 e. The van der Waals surface area contributed by atoms with Crippen molar-refractivity contribution in [3.05, 3.63) is 28.8 Å². The number of ether oxygens (including phenoxy) is 1. The second-order valence-electron chi connectivity index (χ2n) is 3.55.